The SMILES string of the molecule is CCC(CC)(CNCc1ccc(-c2ccc([N+](=O)[O-])cc2)s1)C(=O)O. The quantitative estimate of drug-likeness (QED) is 0.512. The second-order valence-corrected chi connectivity index (χ2v) is 7.13. The van der Waals surface area contributed by atoms with E-state index in [4.69, 9.17) is 0 Å². The second kappa shape index (κ2) is 8.22. The average Bonchev–Trinajstić information content (AvgIpc) is 3.07. The first-order chi connectivity index (χ1) is 11.9. The van der Waals surface area contributed by atoms with Crippen molar-refractivity contribution in [3.63, 3.8) is 0 Å². The van der Waals surface area contributed by atoms with Crippen molar-refractivity contribution < 1.29 is 14.8 Å². The molecule has 0 unspecified atom stereocenters. The highest BCUT2D eigenvalue weighted by Crippen LogP contribution is 2.30. The number of hydrogen-bond acceptors (Lipinski definition) is 5. The van der Waals surface area contributed by atoms with Crippen LogP contribution in [-0.2, 0) is 11.3 Å². The summed E-state index contributed by atoms with van der Waals surface area (Å²) in [4.78, 5) is 23.9. The van der Waals surface area contributed by atoms with Crippen LogP contribution in [0.15, 0.2) is 36.4 Å². The van der Waals surface area contributed by atoms with Gasteiger partial charge in [0, 0.05) is 35.0 Å². The van der Waals surface area contributed by atoms with E-state index in [1.165, 1.54) is 12.1 Å². The Morgan fingerprint density at radius 2 is 1.84 bits per heavy atom. The zero-order chi connectivity index (χ0) is 18.4. The van der Waals surface area contributed by atoms with Crippen LogP contribution in [0, 0.1) is 15.5 Å². The monoisotopic (exact) mass is 362 g/mol. The van der Waals surface area contributed by atoms with E-state index >= 15 is 0 Å². The standard InChI is InChI=1S/C18H22N2O4S/c1-3-18(4-2,17(21)22)12-19-11-15-9-10-16(25-15)13-5-7-14(8-6-13)20(23)24/h5-10,19H,3-4,11-12H2,1-2H3,(H,21,22). The molecule has 0 spiro atoms. The molecule has 6 nitrogen and oxygen atoms in total. The number of aliphatic carboxylic acids is 1. The number of carboxylic acids is 1. The zero-order valence-corrected chi connectivity index (χ0v) is 15.1. The number of nitro benzene ring substituents is 1. The Hall–Kier alpha value is -2.25. The first-order valence-corrected chi connectivity index (χ1v) is 9.01. The van der Waals surface area contributed by atoms with Gasteiger partial charge in [0.2, 0.25) is 0 Å². The molecule has 2 aromatic rings. The number of thiophene rings is 1. The Morgan fingerprint density at radius 1 is 1.20 bits per heavy atom. The molecule has 0 bridgehead atoms. The number of carbonyl (C=O) groups is 1. The van der Waals surface area contributed by atoms with Crippen molar-refractivity contribution in [1.29, 1.82) is 0 Å². The molecule has 0 atom stereocenters. The van der Waals surface area contributed by atoms with Gasteiger partial charge >= 0.3 is 5.97 Å². The summed E-state index contributed by atoms with van der Waals surface area (Å²) in [6.07, 6.45) is 1.18. The Labute approximate surface area is 150 Å². The van der Waals surface area contributed by atoms with E-state index in [0.717, 1.165) is 15.3 Å². The molecule has 0 aliphatic rings. The minimum atomic E-state index is -0.761. The summed E-state index contributed by atoms with van der Waals surface area (Å²) in [6, 6.07) is 10.4. The lowest BCUT2D eigenvalue weighted by atomic mass is 9.82. The van der Waals surface area contributed by atoms with Crippen LogP contribution < -0.4 is 5.32 Å². The van der Waals surface area contributed by atoms with Gasteiger partial charge in [-0.2, -0.15) is 0 Å². The molecule has 0 amide bonds. The number of nitro groups is 1. The summed E-state index contributed by atoms with van der Waals surface area (Å²) < 4.78 is 0. The summed E-state index contributed by atoms with van der Waals surface area (Å²) in [5, 5.41) is 23.4. The molecule has 1 heterocycles. The van der Waals surface area contributed by atoms with Crippen LogP contribution in [0.2, 0.25) is 0 Å². The van der Waals surface area contributed by atoms with Crippen molar-refractivity contribution in [3.8, 4) is 10.4 Å². The molecule has 0 aliphatic heterocycles. The first kappa shape index (κ1) is 19.1. The van der Waals surface area contributed by atoms with Crippen molar-refractivity contribution in [1.82, 2.24) is 5.32 Å². The number of non-ortho nitro benzene ring substituents is 1. The molecule has 2 N–H and O–H groups in total. The largest absolute Gasteiger partial charge is 0.481 e. The normalized spacial score (nSPS) is 11.4. The maximum atomic E-state index is 11.5. The molecule has 0 radical (unpaired) electrons. The highest BCUT2D eigenvalue weighted by Gasteiger charge is 2.34. The van der Waals surface area contributed by atoms with Crippen molar-refractivity contribution in [2.45, 2.75) is 33.2 Å². The Kier molecular flexibility index (Phi) is 6.27. The minimum absolute atomic E-state index is 0.0753. The fourth-order valence-electron chi connectivity index (χ4n) is 2.68. The zero-order valence-electron chi connectivity index (χ0n) is 14.3. The predicted molar refractivity (Wildman–Crippen MR) is 98.8 cm³/mol. The Balaban J connectivity index is 1.99. The topological polar surface area (TPSA) is 92.5 Å². The van der Waals surface area contributed by atoms with Gasteiger partial charge in [-0.3, -0.25) is 14.9 Å². The molecule has 134 valence electrons. The third-order valence-corrected chi connectivity index (χ3v) is 5.73. The van der Waals surface area contributed by atoms with E-state index in [1.807, 2.05) is 26.0 Å². The molecular formula is C18H22N2O4S. The molecule has 0 fully saturated rings. The minimum Gasteiger partial charge on any atom is -0.481 e. The number of nitrogens with zero attached hydrogens (tertiary/aromatic N) is 1. The molecule has 0 aliphatic carbocycles. The molecule has 1 aromatic heterocycles. The molecule has 25 heavy (non-hydrogen) atoms. The van der Waals surface area contributed by atoms with E-state index in [1.54, 1.807) is 23.5 Å². The fraction of sp³-hybridized carbons (Fsp3) is 0.389. The van der Waals surface area contributed by atoms with Gasteiger partial charge in [-0.1, -0.05) is 13.8 Å². The van der Waals surface area contributed by atoms with Crippen molar-refractivity contribution in [2.24, 2.45) is 5.41 Å². The van der Waals surface area contributed by atoms with Gasteiger partial charge in [0.1, 0.15) is 0 Å². The van der Waals surface area contributed by atoms with Gasteiger partial charge in [-0.15, -0.1) is 11.3 Å². The van der Waals surface area contributed by atoms with Crippen LogP contribution in [0.3, 0.4) is 0 Å². The Bertz CT molecular complexity index is 736. The van der Waals surface area contributed by atoms with E-state index in [9.17, 15) is 20.0 Å². The molecular weight excluding hydrogens is 340 g/mol. The second-order valence-electron chi connectivity index (χ2n) is 5.97. The third-order valence-electron chi connectivity index (χ3n) is 4.59. The first-order valence-electron chi connectivity index (χ1n) is 8.19. The summed E-state index contributed by atoms with van der Waals surface area (Å²) in [7, 11) is 0. The van der Waals surface area contributed by atoms with Crippen LogP contribution in [0.25, 0.3) is 10.4 Å². The molecule has 1 aromatic carbocycles. The summed E-state index contributed by atoms with van der Waals surface area (Å²) >= 11 is 1.59. The van der Waals surface area contributed by atoms with Gasteiger partial charge in [-0.05, 0) is 42.7 Å². The summed E-state index contributed by atoms with van der Waals surface area (Å²) in [5.74, 6) is -0.761. The molecule has 0 saturated heterocycles. The smallest absolute Gasteiger partial charge is 0.310 e. The number of rotatable bonds is 9. The van der Waals surface area contributed by atoms with Crippen molar-refractivity contribution in [2.75, 3.05) is 6.54 Å². The molecule has 2 rings (SSSR count). The maximum absolute atomic E-state index is 11.5. The van der Waals surface area contributed by atoms with E-state index in [2.05, 4.69) is 5.32 Å². The lowest BCUT2D eigenvalue weighted by Crippen LogP contribution is -2.39. The van der Waals surface area contributed by atoms with Crippen molar-refractivity contribution >= 4 is 23.0 Å². The molecule has 7 heteroatoms. The maximum Gasteiger partial charge on any atom is 0.310 e. The average molecular weight is 362 g/mol. The lowest BCUT2D eigenvalue weighted by molar-refractivity contribution is -0.384. The number of nitrogens with one attached hydrogen (secondary N) is 1. The number of benzene rings is 1. The third kappa shape index (κ3) is 4.43. The van der Waals surface area contributed by atoms with Crippen LogP contribution in [0.5, 0.6) is 0 Å². The van der Waals surface area contributed by atoms with Crippen LogP contribution in [0.4, 0.5) is 5.69 Å². The summed E-state index contributed by atoms with van der Waals surface area (Å²) in [5.41, 5.74) is 0.286. The number of carboxylic acid groups (broad SMARTS) is 1. The van der Waals surface area contributed by atoms with Gasteiger partial charge in [0.05, 0.1) is 10.3 Å². The highest BCUT2D eigenvalue weighted by molar-refractivity contribution is 7.15. The Morgan fingerprint density at radius 3 is 2.36 bits per heavy atom. The summed E-state index contributed by atoms with van der Waals surface area (Å²) in [6.45, 7) is 4.83. The molecule has 0 saturated carbocycles. The van der Waals surface area contributed by atoms with E-state index < -0.39 is 16.3 Å². The highest BCUT2D eigenvalue weighted by atomic mass is 32.1. The van der Waals surface area contributed by atoms with E-state index in [0.29, 0.717) is 25.9 Å². The van der Waals surface area contributed by atoms with Gasteiger partial charge in [-0.25, -0.2) is 0 Å². The van der Waals surface area contributed by atoms with Crippen LogP contribution in [-0.4, -0.2) is 22.5 Å². The van der Waals surface area contributed by atoms with Gasteiger partial charge < -0.3 is 10.4 Å². The number of hydrogen-bond donors (Lipinski definition) is 2. The van der Waals surface area contributed by atoms with Crippen LogP contribution >= 0.6 is 11.3 Å². The van der Waals surface area contributed by atoms with Gasteiger partial charge in [0.15, 0.2) is 0 Å². The predicted octanol–water partition coefficient (Wildman–Crippen LogP) is 4.30. The van der Waals surface area contributed by atoms with Gasteiger partial charge in [0.25, 0.3) is 5.69 Å². The van der Waals surface area contributed by atoms with Crippen LogP contribution in [0.1, 0.15) is 31.6 Å². The fourth-order valence-corrected chi connectivity index (χ4v) is 3.66. The van der Waals surface area contributed by atoms with E-state index in [-0.39, 0.29) is 5.69 Å². The lowest BCUT2D eigenvalue weighted by Gasteiger charge is -2.26. The van der Waals surface area contributed by atoms with Crippen molar-refractivity contribution in [3.05, 3.63) is 51.4 Å².